The standard InChI is InChI=1S/C19H20N2O2/c1-2-21-17-6-4-3-5-15(17)13-18(21)19(23)20-16-9-7-14(8-10-16)11-12-22/h3-10,13,22H,2,11-12H2,1H3,(H,20,23). The van der Waals surface area contributed by atoms with Gasteiger partial charge in [-0.25, -0.2) is 0 Å². The normalized spacial score (nSPS) is 10.9. The van der Waals surface area contributed by atoms with Gasteiger partial charge in [0.25, 0.3) is 5.91 Å². The van der Waals surface area contributed by atoms with Gasteiger partial charge >= 0.3 is 0 Å². The molecular weight excluding hydrogens is 288 g/mol. The fourth-order valence-corrected chi connectivity index (χ4v) is 2.82. The maximum Gasteiger partial charge on any atom is 0.272 e. The van der Waals surface area contributed by atoms with Crippen molar-refractivity contribution in [3.8, 4) is 0 Å². The highest BCUT2D eigenvalue weighted by Gasteiger charge is 2.14. The van der Waals surface area contributed by atoms with E-state index in [4.69, 9.17) is 5.11 Å². The van der Waals surface area contributed by atoms with Crippen LogP contribution < -0.4 is 5.32 Å². The number of carbonyl (C=O) groups excluding carboxylic acids is 1. The van der Waals surface area contributed by atoms with Crippen molar-refractivity contribution in [3.05, 3.63) is 65.9 Å². The summed E-state index contributed by atoms with van der Waals surface area (Å²) in [5.41, 5.74) is 3.53. The molecule has 0 aliphatic carbocycles. The number of carbonyl (C=O) groups is 1. The average molecular weight is 308 g/mol. The topological polar surface area (TPSA) is 54.3 Å². The Morgan fingerprint density at radius 3 is 2.57 bits per heavy atom. The molecule has 3 aromatic rings. The van der Waals surface area contributed by atoms with E-state index in [1.165, 1.54) is 0 Å². The van der Waals surface area contributed by atoms with Crippen LogP contribution in [0.5, 0.6) is 0 Å². The zero-order chi connectivity index (χ0) is 16.2. The molecule has 1 aromatic heterocycles. The summed E-state index contributed by atoms with van der Waals surface area (Å²) in [6, 6.07) is 17.5. The molecule has 0 radical (unpaired) electrons. The van der Waals surface area contributed by atoms with Gasteiger partial charge in [-0.3, -0.25) is 4.79 Å². The minimum atomic E-state index is -0.113. The highest BCUT2D eigenvalue weighted by Crippen LogP contribution is 2.21. The van der Waals surface area contributed by atoms with Crippen molar-refractivity contribution in [2.75, 3.05) is 11.9 Å². The summed E-state index contributed by atoms with van der Waals surface area (Å²) in [4.78, 5) is 12.6. The van der Waals surface area contributed by atoms with Crippen molar-refractivity contribution in [1.82, 2.24) is 4.57 Å². The number of benzene rings is 2. The van der Waals surface area contributed by atoms with Gasteiger partial charge in [-0.05, 0) is 43.2 Å². The Morgan fingerprint density at radius 2 is 1.87 bits per heavy atom. The number of rotatable bonds is 5. The van der Waals surface area contributed by atoms with Gasteiger partial charge in [0, 0.05) is 29.7 Å². The second-order valence-electron chi connectivity index (χ2n) is 5.46. The summed E-state index contributed by atoms with van der Waals surface area (Å²) in [7, 11) is 0. The van der Waals surface area contributed by atoms with Crippen LogP contribution in [-0.4, -0.2) is 22.2 Å². The number of hydrogen-bond acceptors (Lipinski definition) is 2. The van der Waals surface area contributed by atoms with Crippen molar-refractivity contribution in [3.63, 3.8) is 0 Å². The molecule has 1 heterocycles. The first kappa shape index (κ1) is 15.3. The molecule has 0 unspecified atom stereocenters. The van der Waals surface area contributed by atoms with E-state index >= 15 is 0 Å². The molecule has 2 aromatic carbocycles. The van der Waals surface area contributed by atoms with Gasteiger partial charge in [-0.15, -0.1) is 0 Å². The summed E-state index contributed by atoms with van der Waals surface area (Å²) in [6.07, 6.45) is 0.623. The molecule has 0 spiro atoms. The van der Waals surface area contributed by atoms with Gasteiger partial charge in [0.05, 0.1) is 0 Å². The molecule has 0 saturated heterocycles. The molecule has 0 aliphatic heterocycles. The van der Waals surface area contributed by atoms with Crippen LogP contribution in [0.4, 0.5) is 5.69 Å². The number of aromatic nitrogens is 1. The van der Waals surface area contributed by atoms with Crippen molar-refractivity contribution in [1.29, 1.82) is 0 Å². The van der Waals surface area contributed by atoms with Crippen LogP contribution in [0.25, 0.3) is 10.9 Å². The Labute approximate surface area is 135 Å². The Hall–Kier alpha value is -2.59. The van der Waals surface area contributed by atoms with Crippen molar-refractivity contribution in [2.24, 2.45) is 0 Å². The summed E-state index contributed by atoms with van der Waals surface area (Å²) in [6.45, 7) is 2.90. The molecule has 4 heteroatoms. The van der Waals surface area contributed by atoms with Gasteiger partial charge in [0.15, 0.2) is 0 Å². The lowest BCUT2D eigenvalue weighted by Crippen LogP contribution is -2.16. The van der Waals surface area contributed by atoms with Crippen LogP contribution in [0.3, 0.4) is 0 Å². The molecule has 0 fully saturated rings. The Morgan fingerprint density at radius 1 is 1.13 bits per heavy atom. The number of aryl methyl sites for hydroxylation is 1. The number of aliphatic hydroxyl groups excluding tert-OH is 1. The lowest BCUT2D eigenvalue weighted by Gasteiger charge is -2.09. The van der Waals surface area contributed by atoms with E-state index < -0.39 is 0 Å². The summed E-state index contributed by atoms with van der Waals surface area (Å²) in [5, 5.41) is 12.9. The number of fused-ring (bicyclic) bond motifs is 1. The van der Waals surface area contributed by atoms with Crippen LogP contribution in [0.2, 0.25) is 0 Å². The summed E-state index contributed by atoms with van der Waals surface area (Å²) >= 11 is 0. The monoisotopic (exact) mass is 308 g/mol. The highest BCUT2D eigenvalue weighted by molar-refractivity contribution is 6.06. The molecule has 0 saturated carbocycles. The first-order chi connectivity index (χ1) is 11.2. The lowest BCUT2D eigenvalue weighted by molar-refractivity contribution is 0.101. The van der Waals surface area contributed by atoms with Gasteiger partial charge < -0.3 is 15.0 Å². The Kier molecular flexibility index (Phi) is 4.44. The predicted octanol–water partition coefficient (Wildman–Crippen LogP) is 3.45. The lowest BCUT2D eigenvalue weighted by atomic mass is 10.1. The summed E-state index contributed by atoms with van der Waals surface area (Å²) in [5.74, 6) is -0.113. The van der Waals surface area contributed by atoms with Gasteiger partial charge in [-0.2, -0.15) is 0 Å². The minimum Gasteiger partial charge on any atom is -0.396 e. The van der Waals surface area contributed by atoms with Crippen LogP contribution in [0, 0.1) is 0 Å². The Bertz CT molecular complexity index is 819. The summed E-state index contributed by atoms with van der Waals surface area (Å²) < 4.78 is 2.02. The minimum absolute atomic E-state index is 0.113. The van der Waals surface area contributed by atoms with Crippen LogP contribution >= 0.6 is 0 Å². The number of amides is 1. The third-order valence-electron chi connectivity index (χ3n) is 3.97. The largest absolute Gasteiger partial charge is 0.396 e. The molecule has 118 valence electrons. The molecule has 4 nitrogen and oxygen atoms in total. The first-order valence-corrected chi connectivity index (χ1v) is 7.82. The molecule has 3 rings (SSSR count). The number of para-hydroxylation sites is 1. The third-order valence-corrected chi connectivity index (χ3v) is 3.97. The van der Waals surface area contributed by atoms with Crippen LogP contribution in [-0.2, 0) is 13.0 Å². The van der Waals surface area contributed by atoms with E-state index in [9.17, 15) is 4.79 Å². The van der Waals surface area contributed by atoms with Gasteiger partial charge in [0.2, 0.25) is 0 Å². The smallest absolute Gasteiger partial charge is 0.272 e. The second kappa shape index (κ2) is 6.67. The fraction of sp³-hybridized carbons (Fsp3) is 0.211. The molecule has 0 bridgehead atoms. The van der Waals surface area contributed by atoms with E-state index in [1.807, 2.05) is 66.1 Å². The molecule has 1 amide bonds. The van der Waals surface area contributed by atoms with Gasteiger partial charge in [0.1, 0.15) is 5.69 Å². The van der Waals surface area contributed by atoms with E-state index in [2.05, 4.69) is 5.32 Å². The third kappa shape index (κ3) is 3.12. The molecule has 2 N–H and O–H groups in total. The van der Waals surface area contributed by atoms with Crippen molar-refractivity contribution >= 4 is 22.5 Å². The zero-order valence-corrected chi connectivity index (χ0v) is 13.1. The number of nitrogens with zero attached hydrogens (tertiary/aromatic N) is 1. The SMILES string of the molecule is CCn1c(C(=O)Nc2ccc(CCO)cc2)cc2ccccc21. The second-order valence-corrected chi connectivity index (χ2v) is 5.46. The number of aliphatic hydroxyl groups is 1. The molecular formula is C19H20N2O2. The van der Waals surface area contributed by atoms with Crippen LogP contribution in [0.15, 0.2) is 54.6 Å². The van der Waals surface area contributed by atoms with Crippen LogP contribution in [0.1, 0.15) is 23.0 Å². The van der Waals surface area contributed by atoms with E-state index in [-0.39, 0.29) is 12.5 Å². The zero-order valence-electron chi connectivity index (χ0n) is 13.1. The van der Waals surface area contributed by atoms with E-state index in [0.29, 0.717) is 12.1 Å². The predicted molar refractivity (Wildman–Crippen MR) is 92.8 cm³/mol. The van der Waals surface area contributed by atoms with Crippen molar-refractivity contribution < 1.29 is 9.90 Å². The number of hydrogen-bond donors (Lipinski definition) is 2. The van der Waals surface area contributed by atoms with E-state index in [1.54, 1.807) is 0 Å². The quantitative estimate of drug-likeness (QED) is 0.758. The number of nitrogens with one attached hydrogen (secondary N) is 1. The molecule has 0 atom stereocenters. The highest BCUT2D eigenvalue weighted by atomic mass is 16.3. The van der Waals surface area contributed by atoms with Crippen molar-refractivity contribution in [2.45, 2.75) is 19.9 Å². The molecule has 0 aliphatic rings. The molecule has 23 heavy (non-hydrogen) atoms. The average Bonchev–Trinajstić information content (AvgIpc) is 2.95. The van der Waals surface area contributed by atoms with E-state index in [0.717, 1.165) is 28.7 Å². The Balaban J connectivity index is 1.85. The maximum atomic E-state index is 12.6. The maximum absolute atomic E-state index is 12.6. The first-order valence-electron chi connectivity index (χ1n) is 7.82. The fourth-order valence-electron chi connectivity index (χ4n) is 2.82. The van der Waals surface area contributed by atoms with Gasteiger partial charge in [-0.1, -0.05) is 30.3 Å². The number of anilines is 1.